The van der Waals surface area contributed by atoms with Gasteiger partial charge in [-0.3, -0.25) is 0 Å². The van der Waals surface area contributed by atoms with Gasteiger partial charge in [0.1, 0.15) is 5.71 Å². The van der Waals surface area contributed by atoms with Crippen LogP contribution in [0.2, 0.25) is 0 Å². The van der Waals surface area contributed by atoms with Gasteiger partial charge in [-0.2, -0.15) is 13.2 Å². The lowest BCUT2D eigenvalue weighted by molar-refractivity contribution is -0.0591. The van der Waals surface area contributed by atoms with Gasteiger partial charge >= 0.3 is 6.18 Å². The van der Waals surface area contributed by atoms with Crippen LogP contribution in [0.4, 0.5) is 18.3 Å². The SMILES string of the molecule is C/C(=N/c1nc(-c2ccc(CN)cc2)cs1)C(F)(F)F. The standard InChI is InChI=1S/C13H12F3N3S/c1-8(13(14,15)16)18-12-19-11(7-20-12)10-4-2-9(6-17)3-5-10/h2-5,7H,6,17H2,1H3/b18-8-. The molecule has 0 aliphatic carbocycles. The smallest absolute Gasteiger partial charge is 0.326 e. The molecule has 1 heterocycles. The van der Waals surface area contributed by atoms with Gasteiger partial charge in [-0.1, -0.05) is 24.3 Å². The Labute approximate surface area is 118 Å². The summed E-state index contributed by atoms with van der Waals surface area (Å²) in [6, 6.07) is 7.39. The number of nitrogens with two attached hydrogens (primary N) is 1. The molecule has 0 aliphatic heterocycles. The minimum atomic E-state index is -4.42. The monoisotopic (exact) mass is 299 g/mol. The van der Waals surface area contributed by atoms with Crippen molar-refractivity contribution in [2.45, 2.75) is 19.6 Å². The molecule has 3 nitrogen and oxygen atoms in total. The van der Waals surface area contributed by atoms with Crippen molar-refractivity contribution in [1.82, 2.24) is 4.98 Å². The maximum absolute atomic E-state index is 12.4. The Balaban J connectivity index is 2.24. The molecular weight excluding hydrogens is 287 g/mol. The lowest BCUT2D eigenvalue weighted by atomic mass is 10.1. The van der Waals surface area contributed by atoms with Gasteiger partial charge in [0.15, 0.2) is 0 Å². The van der Waals surface area contributed by atoms with E-state index in [1.54, 1.807) is 5.38 Å². The molecule has 0 unspecified atom stereocenters. The van der Waals surface area contributed by atoms with Crippen molar-refractivity contribution in [3.63, 3.8) is 0 Å². The van der Waals surface area contributed by atoms with Crippen molar-refractivity contribution < 1.29 is 13.2 Å². The predicted octanol–water partition coefficient (Wildman–Crippen LogP) is 3.92. The maximum atomic E-state index is 12.4. The molecule has 2 aromatic rings. The number of aromatic nitrogens is 1. The van der Waals surface area contributed by atoms with Crippen LogP contribution in [0.15, 0.2) is 34.6 Å². The molecule has 2 rings (SSSR count). The summed E-state index contributed by atoms with van der Waals surface area (Å²) in [5.41, 5.74) is 7.00. The van der Waals surface area contributed by atoms with Crippen LogP contribution in [0, 0.1) is 0 Å². The Hall–Kier alpha value is -1.73. The summed E-state index contributed by atoms with van der Waals surface area (Å²) in [4.78, 5) is 7.58. The Morgan fingerprint density at radius 3 is 2.50 bits per heavy atom. The number of hydrogen-bond donors (Lipinski definition) is 1. The number of alkyl halides is 3. The van der Waals surface area contributed by atoms with Crippen molar-refractivity contribution in [1.29, 1.82) is 0 Å². The van der Waals surface area contributed by atoms with E-state index in [2.05, 4.69) is 9.98 Å². The van der Waals surface area contributed by atoms with Gasteiger partial charge in [0.2, 0.25) is 5.13 Å². The highest BCUT2D eigenvalue weighted by Gasteiger charge is 2.32. The first-order valence-corrected chi connectivity index (χ1v) is 6.65. The van der Waals surface area contributed by atoms with Crippen molar-refractivity contribution in [3.05, 3.63) is 35.2 Å². The Morgan fingerprint density at radius 1 is 1.30 bits per heavy atom. The number of aliphatic imine (C=N–C) groups is 1. The third-order valence-electron chi connectivity index (χ3n) is 2.65. The highest BCUT2D eigenvalue weighted by atomic mass is 32.1. The molecule has 20 heavy (non-hydrogen) atoms. The first-order chi connectivity index (χ1) is 9.40. The van der Waals surface area contributed by atoms with E-state index >= 15 is 0 Å². The van der Waals surface area contributed by atoms with Crippen LogP contribution in [0.1, 0.15) is 12.5 Å². The number of benzene rings is 1. The second kappa shape index (κ2) is 5.72. The fraction of sp³-hybridized carbons (Fsp3) is 0.231. The topological polar surface area (TPSA) is 51.3 Å². The zero-order valence-corrected chi connectivity index (χ0v) is 11.4. The second-order valence-corrected chi connectivity index (χ2v) is 4.95. The van der Waals surface area contributed by atoms with E-state index in [0.717, 1.165) is 29.4 Å². The molecule has 0 radical (unpaired) electrons. The first-order valence-electron chi connectivity index (χ1n) is 5.77. The summed E-state index contributed by atoms with van der Waals surface area (Å²) in [6.07, 6.45) is -4.42. The van der Waals surface area contributed by atoms with Crippen LogP contribution in [-0.4, -0.2) is 16.9 Å². The first kappa shape index (κ1) is 14.7. The number of rotatable bonds is 3. The molecule has 1 aromatic carbocycles. The number of hydrogen-bond acceptors (Lipinski definition) is 4. The fourth-order valence-electron chi connectivity index (χ4n) is 1.47. The van der Waals surface area contributed by atoms with Crippen molar-refractivity contribution in [2.24, 2.45) is 10.7 Å². The average Bonchev–Trinajstić information content (AvgIpc) is 2.86. The minimum absolute atomic E-state index is 0.0951. The van der Waals surface area contributed by atoms with Crippen LogP contribution in [0.25, 0.3) is 11.3 Å². The van der Waals surface area contributed by atoms with Crippen LogP contribution in [-0.2, 0) is 6.54 Å². The molecule has 0 saturated heterocycles. The Kier molecular flexibility index (Phi) is 4.20. The number of nitrogens with zero attached hydrogens (tertiary/aromatic N) is 2. The number of halogens is 3. The lowest BCUT2D eigenvalue weighted by Crippen LogP contribution is -2.18. The highest BCUT2D eigenvalue weighted by Crippen LogP contribution is 2.28. The van der Waals surface area contributed by atoms with E-state index in [1.165, 1.54) is 0 Å². The molecule has 0 aliphatic rings. The molecule has 0 amide bonds. The van der Waals surface area contributed by atoms with Crippen LogP contribution in [0.5, 0.6) is 0 Å². The fourth-order valence-corrected chi connectivity index (χ4v) is 2.21. The predicted molar refractivity (Wildman–Crippen MR) is 74.3 cm³/mol. The van der Waals surface area contributed by atoms with Gasteiger partial charge in [0.05, 0.1) is 5.69 Å². The molecule has 0 fully saturated rings. The third-order valence-corrected chi connectivity index (χ3v) is 3.39. The summed E-state index contributed by atoms with van der Waals surface area (Å²) >= 11 is 1.08. The lowest BCUT2D eigenvalue weighted by Gasteiger charge is -2.03. The van der Waals surface area contributed by atoms with Crippen molar-refractivity contribution in [3.8, 4) is 11.3 Å². The van der Waals surface area contributed by atoms with Gasteiger partial charge in [-0.05, 0) is 12.5 Å². The normalized spacial score (nSPS) is 12.8. The van der Waals surface area contributed by atoms with Gasteiger partial charge < -0.3 is 5.73 Å². The molecule has 2 N–H and O–H groups in total. The van der Waals surface area contributed by atoms with E-state index in [-0.39, 0.29) is 5.13 Å². The van der Waals surface area contributed by atoms with E-state index in [4.69, 9.17) is 5.73 Å². The molecule has 0 atom stereocenters. The molecule has 0 spiro atoms. The van der Waals surface area contributed by atoms with Gasteiger partial charge in [0, 0.05) is 17.5 Å². The van der Waals surface area contributed by atoms with Crippen molar-refractivity contribution >= 4 is 22.2 Å². The van der Waals surface area contributed by atoms with Crippen LogP contribution >= 0.6 is 11.3 Å². The van der Waals surface area contributed by atoms with Gasteiger partial charge in [-0.15, -0.1) is 11.3 Å². The largest absolute Gasteiger partial charge is 0.429 e. The van der Waals surface area contributed by atoms with E-state index in [0.29, 0.717) is 12.2 Å². The summed E-state index contributed by atoms with van der Waals surface area (Å²) in [6.45, 7) is 1.37. The maximum Gasteiger partial charge on any atom is 0.429 e. The van der Waals surface area contributed by atoms with E-state index in [9.17, 15) is 13.2 Å². The molecule has 7 heteroatoms. The molecule has 1 aromatic heterocycles. The Bertz CT molecular complexity index is 615. The third kappa shape index (κ3) is 3.43. The zero-order chi connectivity index (χ0) is 14.8. The van der Waals surface area contributed by atoms with Gasteiger partial charge in [-0.25, -0.2) is 9.98 Å². The quantitative estimate of drug-likeness (QED) is 0.873. The average molecular weight is 299 g/mol. The van der Waals surface area contributed by atoms with Gasteiger partial charge in [0.25, 0.3) is 0 Å². The molecular formula is C13H12F3N3S. The van der Waals surface area contributed by atoms with Crippen molar-refractivity contribution in [2.75, 3.05) is 0 Å². The van der Waals surface area contributed by atoms with E-state index in [1.807, 2.05) is 24.3 Å². The summed E-state index contributed by atoms with van der Waals surface area (Å²) < 4.78 is 37.1. The zero-order valence-electron chi connectivity index (χ0n) is 10.6. The molecule has 106 valence electrons. The highest BCUT2D eigenvalue weighted by molar-refractivity contribution is 7.13. The van der Waals surface area contributed by atoms with E-state index < -0.39 is 11.9 Å². The number of thiazole rings is 1. The Morgan fingerprint density at radius 2 is 1.95 bits per heavy atom. The van der Waals surface area contributed by atoms with Crippen LogP contribution in [0.3, 0.4) is 0 Å². The second-order valence-electron chi connectivity index (χ2n) is 4.11. The molecule has 0 saturated carbocycles. The summed E-state index contributed by atoms with van der Waals surface area (Å²) in [7, 11) is 0. The summed E-state index contributed by atoms with van der Waals surface area (Å²) in [5.74, 6) is 0. The summed E-state index contributed by atoms with van der Waals surface area (Å²) in [5, 5.41) is 1.78. The molecule has 0 bridgehead atoms. The minimum Gasteiger partial charge on any atom is -0.326 e. The van der Waals surface area contributed by atoms with Crippen LogP contribution < -0.4 is 5.73 Å².